The van der Waals surface area contributed by atoms with Gasteiger partial charge in [0.15, 0.2) is 0 Å². The van der Waals surface area contributed by atoms with Crippen LogP contribution >= 0.6 is 11.6 Å². The first-order valence-electron chi connectivity index (χ1n) is 6.45. The van der Waals surface area contributed by atoms with E-state index in [1.54, 1.807) is 33.4 Å². The van der Waals surface area contributed by atoms with Gasteiger partial charge in [-0.15, -0.1) is 0 Å². The van der Waals surface area contributed by atoms with E-state index < -0.39 is 5.82 Å². The van der Waals surface area contributed by atoms with E-state index in [1.165, 1.54) is 6.07 Å². The SMILES string of the molecule is CNC(c1cc(OC)ccc1OC)c1cccc(F)c1Cl. The lowest BCUT2D eigenvalue weighted by Gasteiger charge is -2.21. The highest BCUT2D eigenvalue weighted by Gasteiger charge is 2.21. The van der Waals surface area contributed by atoms with Crippen molar-refractivity contribution in [2.45, 2.75) is 6.04 Å². The average Bonchev–Trinajstić information content (AvgIpc) is 2.52. The summed E-state index contributed by atoms with van der Waals surface area (Å²) in [4.78, 5) is 0. The smallest absolute Gasteiger partial charge is 0.142 e. The van der Waals surface area contributed by atoms with Crippen molar-refractivity contribution in [1.82, 2.24) is 5.32 Å². The second-order valence-electron chi connectivity index (χ2n) is 4.47. The normalized spacial score (nSPS) is 12.0. The summed E-state index contributed by atoms with van der Waals surface area (Å²) < 4.78 is 24.3. The fourth-order valence-electron chi connectivity index (χ4n) is 2.29. The average molecular weight is 310 g/mol. The van der Waals surface area contributed by atoms with Gasteiger partial charge in [-0.25, -0.2) is 4.39 Å². The molecule has 0 saturated carbocycles. The highest BCUT2D eigenvalue weighted by atomic mass is 35.5. The zero-order chi connectivity index (χ0) is 15.4. The fourth-order valence-corrected chi connectivity index (χ4v) is 2.52. The number of rotatable bonds is 5. The molecule has 0 bridgehead atoms. The van der Waals surface area contributed by atoms with Gasteiger partial charge in [-0.05, 0) is 36.9 Å². The zero-order valence-electron chi connectivity index (χ0n) is 12.1. The van der Waals surface area contributed by atoms with Crippen molar-refractivity contribution in [2.75, 3.05) is 21.3 Å². The van der Waals surface area contributed by atoms with Gasteiger partial charge in [0.2, 0.25) is 0 Å². The van der Waals surface area contributed by atoms with Gasteiger partial charge < -0.3 is 14.8 Å². The summed E-state index contributed by atoms with van der Waals surface area (Å²) in [5.41, 5.74) is 1.47. The summed E-state index contributed by atoms with van der Waals surface area (Å²) in [6, 6.07) is 9.91. The highest BCUT2D eigenvalue weighted by Crippen LogP contribution is 2.36. The fraction of sp³-hybridized carbons (Fsp3) is 0.250. The number of hydrogen-bond acceptors (Lipinski definition) is 3. The largest absolute Gasteiger partial charge is 0.497 e. The summed E-state index contributed by atoms with van der Waals surface area (Å²) >= 11 is 6.10. The van der Waals surface area contributed by atoms with E-state index in [2.05, 4.69) is 5.32 Å². The van der Waals surface area contributed by atoms with Crippen LogP contribution in [-0.4, -0.2) is 21.3 Å². The molecule has 0 amide bonds. The van der Waals surface area contributed by atoms with Crippen molar-refractivity contribution >= 4 is 11.6 Å². The van der Waals surface area contributed by atoms with Gasteiger partial charge >= 0.3 is 0 Å². The first-order valence-corrected chi connectivity index (χ1v) is 6.83. The van der Waals surface area contributed by atoms with Crippen molar-refractivity contribution in [3.63, 3.8) is 0 Å². The summed E-state index contributed by atoms with van der Waals surface area (Å²) in [5.74, 6) is 0.922. The minimum absolute atomic E-state index is 0.0988. The van der Waals surface area contributed by atoms with Crippen molar-refractivity contribution in [3.8, 4) is 11.5 Å². The standard InChI is InChI=1S/C16H17ClFNO2/c1-19-16(11-5-4-6-13(18)15(11)17)12-9-10(20-2)7-8-14(12)21-3/h4-9,16,19H,1-3H3. The van der Waals surface area contributed by atoms with Crippen LogP contribution < -0.4 is 14.8 Å². The molecule has 2 rings (SSSR count). The van der Waals surface area contributed by atoms with E-state index in [1.807, 2.05) is 18.2 Å². The molecule has 2 aromatic rings. The topological polar surface area (TPSA) is 30.5 Å². The predicted molar refractivity (Wildman–Crippen MR) is 81.9 cm³/mol. The Balaban J connectivity index is 2.57. The van der Waals surface area contributed by atoms with Crippen molar-refractivity contribution in [3.05, 3.63) is 58.4 Å². The third kappa shape index (κ3) is 3.12. The van der Waals surface area contributed by atoms with Crippen molar-refractivity contribution < 1.29 is 13.9 Å². The maximum Gasteiger partial charge on any atom is 0.142 e. The summed E-state index contributed by atoms with van der Waals surface area (Å²) in [7, 11) is 4.96. The molecule has 0 aliphatic heterocycles. The van der Waals surface area contributed by atoms with Gasteiger partial charge in [-0.1, -0.05) is 23.7 Å². The molecule has 0 fully saturated rings. The van der Waals surface area contributed by atoms with Crippen LogP contribution in [0.3, 0.4) is 0 Å². The molecule has 2 aromatic carbocycles. The number of hydrogen-bond donors (Lipinski definition) is 1. The first kappa shape index (κ1) is 15.6. The molecular formula is C16H17ClFNO2. The van der Waals surface area contributed by atoms with Crippen LogP contribution in [0.15, 0.2) is 36.4 Å². The Labute approximate surface area is 128 Å². The molecule has 0 saturated heterocycles. The van der Waals surface area contributed by atoms with E-state index in [0.29, 0.717) is 17.1 Å². The van der Waals surface area contributed by atoms with Crippen LogP contribution in [0.4, 0.5) is 4.39 Å². The van der Waals surface area contributed by atoms with E-state index in [0.717, 1.165) is 5.56 Å². The Hall–Kier alpha value is -1.78. The number of methoxy groups -OCH3 is 2. The molecule has 0 radical (unpaired) electrons. The van der Waals surface area contributed by atoms with Crippen LogP contribution in [0.1, 0.15) is 17.2 Å². The van der Waals surface area contributed by atoms with E-state index in [4.69, 9.17) is 21.1 Å². The molecule has 0 aromatic heterocycles. The van der Waals surface area contributed by atoms with Crippen LogP contribution in [0, 0.1) is 5.82 Å². The van der Waals surface area contributed by atoms with Gasteiger partial charge in [0.1, 0.15) is 17.3 Å². The van der Waals surface area contributed by atoms with Gasteiger partial charge in [-0.3, -0.25) is 0 Å². The molecule has 1 N–H and O–H groups in total. The highest BCUT2D eigenvalue weighted by molar-refractivity contribution is 6.31. The zero-order valence-corrected chi connectivity index (χ0v) is 12.9. The van der Waals surface area contributed by atoms with E-state index in [9.17, 15) is 4.39 Å². The number of halogens is 2. The second-order valence-corrected chi connectivity index (χ2v) is 4.85. The molecule has 5 heteroatoms. The minimum atomic E-state index is -0.448. The molecule has 3 nitrogen and oxygen atoms in total. The van der Waals surface area contributed by atoms with Crippen LogP contribution in [0.5, 0.6) is 11.5 Å². The molecule has 21 heavy (non-hydrogen) atoms. The Morgan fingerprint density at radius 3 is 2.48 bits per heavy atom. The lowest BCUT2D eigenvalue weighted by molar-refractivity contribution is 0.395. The van der Waals surface area contributed by atoms with Gasteiger partial charge in [0.05, 0.1) is 25.3 Å². The van der Waals surface area contributed by atoms with Crippen LogP contribution in [-0.2, 0) is 0 Å². The molecule has 1 unspecified atom stereocenters. The van der Waals surface area contributed by atoms with Gasteiger partial charge in [0, 0.05) is 5.56 Å². The Kier molecular flexibility index (Phi) is 5.04. The van der Waals surface area contributed by atoms with Crippen LogP contribution in [0.25, 0.3) is 0 Å². The van der Waals surface area contributed by atoms with Crippen LogP contribution in [0.2, 0.25) is 5.02 Å². The van der Waals surface area contributed by atoms with E-state index in [-0.39, 0.29) is 11.1 Å². The third-order valence-electron chi connectivity index (χ3n) is 3.33. The van der Waals surface area contributed by atoms with Gasteiger partial charge in [-0.2, -0.15) is 0 Å². The summed E-state index contributed by atoms with van der Waals surface area (Å²) in [6.07, 6.45) is 0. The molecule has 112 valence electrons. The minimum Gasteiger partial charge on any atom is -0.497 e. The molecule has 1 atom stereocenters. The monoisotopic (exact) mass is 309 g/mol. The first-order chi connectivity index (χ1) is 10.1. The molecule has 0 aliphatic carbocycles. The molecule has 0 heterocycles. The van der Waals surface area contributed by atoms with Crippen molar-refractivity contribution in [2.24, 2.45) is 0 Å². The lowest BCUT2D eigenvalue weighted by Crippen LogP contribution is -2.19. The maximum atomic E-state index is 13.7. The lowest BCUT2D eigenvalue weighted by atomic mass is 9.97. The van der Waals surface area contributed by atoms with Gasteiger partial charge in [0.25, 0.3) is 0 Å². The quantitative estimate of drug-likeness (QED) is 0.911. The summed E-state index contributed by atoms with van der Waals surface area (Å²) in [6.45, 7) is 0. The number of ether oxygens (including phenoxy) is 2. The predicted octanol–water partition coefficient (Wildman–Crippen LogP) is 3.81. The Morgan fingerprint density at radius 1 is 1.10 bits per heavy atom. The Morgan fingerprint density at radius 2 is 1.86 bits per heavy atom. The Bertz CT molecular complexity index is 634. The second kappa shape index (κ2) is 6.78. The van der Waals surface area contributed by atoms with Crippen molar-refractivity contribution in [1.29, 1.82) is 0 Å². The third-order valence-corrected chi connectivity index (χ3v) is 3.73. The number of benzene rings is 2. The molecule has 0 spiro atoms. The maximum absolute atomic E-state index is 13.7. The summed E-state index contributed by atoms with van der Waals surface area (Å²) in [5, 5.41) is 3.24. The van der Waals surface area contributed by atoms with E-state index >= 15 is 0 Å². The molecule has 0 aliphatic rings. The molecular weight excluding hydrogens is 293 g/mol. The number of nitrogens with one attached hydrogen (secondary N) is 1.